The normalized spacial score (nSPS) is 19.1. The molecule has 2 aliphatic rings. The molecule has 24 heavy (non-hydrogen) atoms. The van der Waals surface area contributed by atoms with Crippen LogP contribution in [0.3, 0.4) is 0 Å². The molecule has 1 atom stereocenters. The minimum Gasteiger partial charge on any atom is -0.497 e. The number of aliphatic imine (C=N–C) groups is 1. The van der Waals surface area contributed by atoms with E-state index in [-0.39, 0.29) is 17.7 Å². The van der Waals surface area contributed by atoms with Crippen molar-refractivity contribution in [1.29, 1.82) is 0 Å². The van der Waals surface area contributed by atoms with Crippen LogP contribution >= 0.6 is 11.3 Å². The van der Waals surface area contributed by atoms with Crippen LogP contribution in [-0.4, -0.2) is 31.2 Å². The zero-order valence-electron chi connectivity index (χ0n) is 13.3. The number of rotatable bonds is 6. The number of allylic oxidation sites excluding steroid dienone is 4. The van der Waals surface area contributed by atoms with Crippen LogP contribution in [0.4, 0.5) is 0 Å². The topological polar surface area (TPSA) is 67.8 Å². The van der Waals surface area contributed by atoms with Crippen molar-refractivity contribution in [3.05, 3.63) is 58.0 Å². The average Bonchev–Trinajstić information content (AvgIpc) is 3.07. The van der Waals surface area contributed by atoms with Gasteiger partial charge in [0.05, 0.1) is 19.2 Å². The summed E-state index contributed by atoms with van der Waals surface area (Å²) in [5.41, 5.74) is 1.34. The number of thiophene rings is 1. The first-order chi connectivity index (χ1) is 11.7. The summed E-state index contributed by atoms with van der Waals surface area (Å²) in [6, 6.07) is 3.86. The zero-order chi connectivity index (χ0) is 16.9. The van der Waals surface area contributed by atoms with Crippen LogP contribution < -0.4 is 5.32 Å². The maximum atomic E-state index is 12.1. The smallest absolute Gasteiger partial charge is 0.272 e. The van der Waals surface area contributed by atoms with Gasteiger partial charge in [-0.3, -0.25) is 9.59 Å². The van der Waals surface area contributed by atoms with Gasteiger partial charge < -0.3 is 10.1 Å². The highest BCUT2D eigenvalue weighted by atomic mass is 32.1. The highest BCUT2D eigenvalue weighted by Gasteiger charge is 2.23. The number of ether oxygens (including phenoxy) is 1. The van der Waals surface area contributed by atoms with Gasteiger partial charge in [-0.15, -0.1) is 11.3 Å². The molecule has 6 heteroatoms. The van der Waals surface area contributed by atoms with Crippen LogP contribution in [0, 0.1) is 5.92 Å². The van der Waals surface area contributed by atoms with E-state index in [9.17, 15) is 9.59 Å². The monoisotopic (exact) mass is 342 g/mol. The third-order valence-corrected chi connectivity index (χ3v) is 4.73. The summed E-state index contributed by atoms with van der Waals surface area (Å²) in [6.07, 6.45) is 8.38. The quantitative estimate of drug-likeness (QED) is 0.863. The van der Waals surface area contributed by atoms with E-state index in [1.807, 2.05) is 35.7 Å². The predicted octanol–water partition coefficient (Wildman–Crippen LogP) is 2.42. The van der Waals surface area contributed by atoms with E-state index in [1.54, 1.807) is 24.5 Å². The lowest BCUT2D eigenvalue weighted by Gasteiger charge is -2.20. The number of amides is 2. The van der Waals surface area contributed by atoms with Gasteiger partial charge in [-0.05, 0) is 23.9 Å². The van der Waals surface area contributed by atoms with E-state index >= 15 is 0 Å². The van der Waals surface area contributed by atoms with Crippen molar-refractivity contribution in [2.45, 2.75) is 12.8 Å². The second-order valence-electron chi connectivity index (χ2n) is 5.53. The maximum Gasteiger partial charge on any atom is 0.272 e. The fourth-order valence-electron chi connectivity index (χ4n) is 2.60. The van der Waals surface area contributed by atoms with Crippen molar-refractivity contribution in [3.63, 3.8) is 0 Å². The average molecular weight is 342 g/mol. The molecule has 1 unspecified atom stereocenters. The number of nitrogens with one attached hydrogen (secondary N) is 1. The van der Waals surface area contributed by atoms with E-state index in [1.165, 1.54) is 0 Å². The van der Waals surface area contributed by atoms with Crippen molar-refractivity contribution < 1.29 is 14.3 Å². The number of methoxy groups -OCH3 is 1. The predicted molar refractivity (Wildman–Crippen MR) is 93.9 cm³/mol. The number of hydrogen-bond acceptors (Lipinski definition) is 4. The number of nitrogens with zero attached hydrogens (tertiary/aromatic N) is 1. The molecule has 0 aromatic carbocycles. The van der Waals surface area contributed by atoms with Crippen LogP contribution in [0.15, 0.2) is 58.1 Å². The van der Waals surface area contributed by atoms with Crippen molar-refractivity contribution in [2.24, 2.45) is 10.9 Å². The first kappa shape index (κ1) is 16.4. The van der Waals surface area contributed by atoms with E-state index in [0.717, 1.165) is 4.88 Å². The van der Waals surface area contributed by atoms with Gasteiger partial charge in [0.15, 0.2) is 0 Å². The second-order valence-corrected chi connectivity index (χ2v) is 6.56. The summed E-state index contributed by atoms with van der Waals surface area (Å²) in [7, 11) is 1.59. The molecule has 0 saturated carbocycles. The number of fused-ring (bicyclic) bond motifs is 1. The van der Waals surface area contributed by atoms with Gasteiger partial charge in [0.2, 0.25) is 5.91 Å². The van der Waals surface area contributed by atoms with Crippen LogP contribution in [0.1, 0.15) is 11.3 Å². The third-order valence-electron chi connectivity index (χ3n) is 3.85. The molecular weight excluding hydrogens is 324 g/mol. The number of hydrogen-bond donors (Lipinski definition) is 1. The molecule has 2 heterocycles. The molecule has 1 N–H and O–H groups in total. The van der Waals surface area contributed by atoms with Gasteiger partial charge in [-0.25, -0.2) is 4.99 Å². The van der Waals surface area contributed by atoms with Crippen molar-refractivity contribution in [2.75, 3.05) is 13.7 Å². The summed E-state index contributed by atoms with van der Waals surface area (Å²) in [5, 5.41) is 4.80. The molecule has 5 nitrogen and oxygen atoms in total. The first-order valence-electron chi connectivity index (χ1n) is 7.72. The molecule has 1 aromatic heterocycles. The number of dihydropyridines is 1. The standard InChI is InChI=1S/C18H18N2O3S/c1-23-14-5-4-12-9-13(18(22)20-16(12)10-14)6-7-19-17(21)11-15-3-2-8-24-15/h2-5,8-10,12H,6-7,11H2,1H3,(H,19,21). The SMILES string of the molecule is COC1=CC2=NC(=O)C(CCNC(=O)Cc3cccs3)=CC2C=C1. The fourth-order valence-corrected chi connectivity index (χ4v) is 3.30. The Morgan fingerprint density at radius 1 is 1.46 bits per heavy atom. The van der Waals surface area contributed by atoms with E-state index in [4.69, 9.17) is 4.74 Å². The van der Waals surface area contributed by atoms with Crippen LogP contribution in [0.2, 0.25) is 0 Å². The Morgan fingerprint density at radius 2 is 2.33 bits per heavy atom. The largest absolute Gasteiger partial charge is 0.497 e. The Bertz CT molecular complexity index is 757. The highest BCUT2D eigenvalue weighted by molar-refractivity contribution is 7.10. The van der Waals surface area contributed by atoms with E-state index < -0.39 is 0 Å². The Morgan fingerprint density at radius 3 is 3.08 bits per heavy atom. The molecule has 124 valence electrons. The first-order valence-corrected chi connectivity index (χ1v) is 8.60. The Kier molecular flexibility index (Phi) is 5.05. The van der Waals surface area contributed by atoms with Crippen LogP contribution in [0.5, 0.6) is 0 Å². The molecule has 0 saturated heterocycles. The summed E-state index contributed by atoms with van der Waals surface area (Å²) in [6.45, 7) is 0.433. The third kappa shape index (κ3) is 3.89. The highest BCUT2D eigenvalue weighted by Crippen LogP contribution is 2.23. The molecule has 0 bridgehead atoms. The summed E-state index contributed by atoms with van der Waals surface area (Å²) in [5.74, 6) is 0.417. The minimum absolute atomic E-state index is 0.00146. The molecule has 2 amide bonds. The Balaban J connectivity index is 1.52. The van der Waals surface area contributed by atoms with E-state index in [0.29, 0.717) is 36.4 Å². The van der Waals surface area contributed by atoms with Gasteiger partial charge in [-0.2, -0.15) is 0 Å². The fraction of sp³-hybridized carbons (Fsp3) is 0.278. The van der Waals surface area contributed by atoms with Gasteiger partial charge in [0, 0.05) is 29.0 Å². The van der Waals surface area contributed by atoms with Crippen LogP contribution in [0.25, 0.3) is 0 Å². The van der Waals surface area contributed by atoms with Crippen molar-refractivity contribution >= 4 is 28.9 Å². The summed E-state index contributed by atoms with van der Waals surface area (Å²) >= 11 is 1.56. The van der Waals surface area contributed by atoms with Gasteiger partial charge in [0.25, 0.3) is 5.91 Å². The van der Waals surface area contributed by atoms with Gasteiger partial charge >= 0.3 is 0 Å². The van der Waals surface area contributed by atoms with E-state index in [2.05, 4.69) is 10.3 Å². The Labute approximate surface area is 144 Å². The van der Waals surface area contributed by atoms with Gasteiger partial charge in [-0.1, -0.05) is 18.2 Å². The molecule has 0 spiro atoms. The van der Waals surface area contributed by atoms with Crippen molar-refractivity contribution in [3.8, 4) is 0 Å². The lowest BCUT2D eigenvalue weighted by molar-refractivity contribution is -0.120. The molecule has 1 aromatic rings. The summed E-state index contributed by atoms with van der Waals surface area (Å²) in [4.78, 5) is 29.1. The second kappa shape index (κ2) is 7.40. The number of carbonyl (C=O) groups excluding carboxylic acids is 2. The number of carbonyl (C=O) groups is 2. The Hall–Kier alpha value is -2.47. The van der Waals surface area contributed by atoms with Crippen molar-refractivity contribution in [1.82, 2.24) is 5.32 Å². The molecule has 1 aliphatic carbocycles. The minimum atomic E-state index is -0.240. The van der Waals surface area contributed by atoms with Crippen LogP contribution in [-0.2, 0) is 20.7 Å². The lowest BCUT2D eigenvalue weighted by Crippen LogP contribution is -2.28. The summed E-state index contributed by atoms with van der Waals surface area (Å²) < 4.78 is 5.15. The molecule has 0 fully saturated rings. The molecular formula is C18H18N2O3S. The zero-order valence-corrected chi connectivity index (χ0v) is 14.1. The van der Waals surface area contributed by atoms with Gasteiger partial charge in [0.1, 0.15) is 5.76 Å². The molecule has 1 aliphatic heterocycles. The molecule has 0 radical (unpaired) electrons. The molecule has 3 rings (SSSR count). The maximum absolute atomic E-state index is 12.1. The lowest BCUT2D eigenvalue weighted by atomic mass is 9.91.